The fourth-order valence-electron chi connectivity index (χ4n) is 3.44. The molecule has 1 N–H and O–H groups in total. The van der Waals surface area contributed by atoms with Crippen LogP contribution in [0.1, 0.15) is 28.8 Å². The number of para-hydroxylation sites is 1. The highest BCUT2D eigenvalue weighted by Gasteiger charge is 2.25. The monoisotopic (exact) mass is 449 g/mol. The van der Waals surface area contributed by atoms with E-state index in [1.165, 1.54) is 6.07 Å². The zero-order valence-electron chi connectivity index (χ0n) is 16.9. The van der Waals surface area contributed by atoms with Gasteiger partial charge in [-0.05, 0) is 49.6 Å². The predicted octanol–water partition coefficient (Wildman–Crippen LogP) is 3.29. The first kappa shape index (κ1) is 22.1. The molecule has 3 rings (SSSR count). The number of benzene rings is 2. The Morgan fingerprint density at radius 2 is 1.80 bits per heavy atom. The molecule has 0 unspecified atom stereocenters. The molecule has 1 aliphatic heterocycles. The van der Waals surface area contributed by atoms with Gasteiger partial charge in [-0.3, -0.25) is 13.9 Å². The van der Waals surface area contributed by atoms with Crippen LogP contribution >= 0.6 is 11.6 Å². The van der Waals surface area contributed by atoms with Crippen LogP contribution in [0.3, 0.4) is 0 Å². The van der Waals surface area contributed by atoms with Crippen molar-refractivity contribution in [1.82, 2.24) is 4.90 Å². The van der Waals surface area contributed by atoms with Crippen LogP contribution in [-0.2, 0) is 14.8 Å². The molecular formula is C21H24ClN3O4S. The number of nitrogens with zero attached hydrogens (tertiary/aromatic N) is 2. The lowest BCUT2D eigenvalue weighted by Gasteiger charge is -2.24. The van der Waals surface area contributed by atoms with Gasteiger partial charge in [0.05, 0.1) is 23.2 Å². The van der Waals surface area contributed by atoms with Gasteiger partial charge in [0.1, 0.15) is 6.54 Å². The molecule has 1 heterocycles. The number of carbonyl (C=O) groups excluding carboxylic acids is 2. The van der Waals surface area contributed by atoms with E-state index >= 15 is 0 Å². The van der Waals surface area contributed by atoms with E-state index in [0.29, 0.717) is 29.4 Å². The van der Waals surface area contributed by atoms with Crippen molar-refractivity contribution in [3.63, 3.8) is 0 Å². The molecule has 0 aliphatic carbocycles. The number of likely N-dealkylation sites (tertiary alicyclic amines) is 1. The third-order valence-electron chi connectivity index (χ3n) is 4.95. The Bertz CT molecular complexity index is 1070. The minimum Gasteiger partial charge on any atom is -0.339 e. The van der Waals surface area contributed by atoms with Crippen LogP contribution < -0.4 is 9.62 Å². The SMILES string of the molecule is Cc1ccccc1N(CC(=O)Nc1cc(Cl)ccc1C(=O)N1CCCC1)S(C)(=O)=O. The lowest BCUT2D eigenvalue weighted by molar-refractivity contribution is -0.114. The predicted molar refractivity (Wildman–Crippen MR) is 119 cm³/mol. The maximum absolute atomic E-state index is 12.8. The maximum atomic E-state index is 12.8. The van der Waals surface area contributed by atoms with E-state index in [9.17, 15) is 18.0 Å². The summed E-state index contributed by atoms with van der Waals surface area (Å²) in [5.41, 5.74) is 1.75. The second-order valence-corrected chi connectivity index (χ2v) is 9.64. The Morgan fingerprint density at radius 3 is 2.43 bits per heavy atom. The first-order valence-electron chi connectivity index (χ1n) is 9.59. The maximum Gasteiger partial charge on any atom is 0.255 e. The van der Waals surface area contributed by atoms with Crippen LogP contribution in [0.2, 0.25) is 5.02 Å². The van der Waals surface area contributed by atoms with E-state index in [4.69, 9.17) is 11.6 Å². The van der Waals surface area contributed by atoms with Gasteiger partial charge in [-0.2, -0.15) is 0 Å². The zero-order valence-corrected chi connectivity index (χ0v) is 18.5. The Hall–Kier alpha value is -2.58. The Labute approximate surface area is 181 Å². The van der Waals surface area contributed by atoms with E-state index in [0.717, 1.165) is 29.0 Å². The number of halogens is 1. The fraction of sp³-hybridized carbons (Fsp3) is 0.333. The van der Waals surface area contributed by atoms with Crippen LogP contribution in [0.15, 0.2) is 42.5 Å². The van der Waals surface area contributed by atoms with Crippen LogP contribution in [0.5, 0.6) is 0 Å². The summed E-state index contributed by atoms with van der Waals surface area (Å²) in [7, 11) is -3.70. The summed E-state index contributed by atoms with van der Waals surface area (Å²) < 4.78 is 25.7. The van der Waals surface area contributed by atoms with E-state index in [1.54, 1.807) is 48.2 Å². The number of amides is 2. The third kappa shape index (κ3) is 5.12. The average Bonchev–Trinajstić information content (AvgIpc) is 3.20. The molecule has 30 heavy (non-hydrogen) atoms. The normalized spacial score (nSPS) is 13.9. The molecule has 1 fully saturated rings. The third-order valence-corrected chi connectivity index (χ3v) is 6.31. The Morgan fingerprint density at radius 1 is 1.13 bits per heavy atom. The van der Waals surface area contributed by atoms with Gasteiger partial charge in [-0.15, -0.1) is 0 Å². The van der Waals surface area contributed by atoms with Gasteiger partial charge in [-0.1, -0.05) is 29.8 Å². The number of carbonyl (C=O) groups is 2. The molecule has 0 saturated carbocycles. The molecule has 0 aromatic heterocycles. The largest absolute Gasteiger partial charge is 0.339 e. The number of hydrogen-bond donors (Lipinski definition) is 1. The number of sulfonamides is 1. The summed E-state index contributed by atoms with van der Waals surface area (Å²) in [5.74, 6) is -0.750. The molecule has 1 saturated heterocycles. The van der Waals surface area contributed by atoms with Crippen LogP contribution in [0, 0.1) is 6.92 Å². The number of anilines is 2. The quantitative estimate of drug-likeness (QED) is 0.733. The molecule has 9 heteroatoms. The lowest BCUT2D eigenvalue weighted by Crippen LogP contribution is -2.38. The second kappa shape index (κ2) is 9.06. The van der Waals surface area contributed by atoms with Crippen molar-refractivity contribution < 1.29 is 18.0 Å². The first-order chi connectivity index (χ1) is 14.2. The molecule has 0 atom stereocenters. The van der Waals surface area contributed by atoms with Gasteiger partial charge in [0.2, 0.25) is 15.9 Å². The van der Waals surface area contributed by atoms with Crippen molar-refractivity contribution in [3.05, 3.63) is 58.6 Å². The highest BCUT2D eigenvalue weighted by atomic mass is 35.5. The van der Waals surface area contributed by atoms with Gasteiger partial charge in [0, 0.05) is 18.1 Å². The fourth-order valence-corrected chi connectivity index (χ4v) is 4.53. The first-order valence-corrected chi connectivity index (χ1v) is 11.8. The van der Waals surface area contributed by atoms with Gasteiger partial charge < -0.3 is 10.2 Å². The molecular weight excluding hydrogens is 426 g/mol. The molecule has 0 spiro atoms. The van der Waals surface area contributed by atoms with Crippen molar-refractivity contribution in [1.29, 1.82) is 0 Å². The van der Waals surface area contributed by atoms with E-state index < -0.39 is 22.5 Å². The summed E-state index contributed by atoms with van der Waals surface area (Å²) >= 11 is 6.08. The van der Waals surface area contributed by atoms with Crippen LogP contribution in [0.25, 0.3) is 0 Å². The Balaban J connectivity index is 1.85. The molecule has 2 aromatic carbocycles. The summed E-state index contributed by atoms with van der Waals surface area (Å²) in [4.78, 5) is 27.3. The van der Waals surface area contributed by atoms with Gasteiger partial charge in [-0.25, -0.2) is 8.42 Å². The summed E-state index contributed by atoms with van der Waals surface area (Å²) in [6.07, 6.45) is 2.94. The van der Waals surface area contributed by atoms with E-state index in [1.807, 2.05) is 0 Å². The van der Waals surface area contributed by atoms with Gasteiger partial charge in [0.15, 0.2) is 0 Å². The highest BCUT2D eigenvalue weighted by molar-refractivity contribution is 7.92. The zero-order chi connectivity index (χ0) is 21.9. The summed E-state index contributed by atoms with van der Waals surface area (Å²) in [6.45, 7) is 2.69. The van der Waals surface area contributed by atoms with E-state index in [-0.39, 0.29) is 11.6 Å². The Kier molecular flexibility index (Phi) is 6.67. The van der Waals surface area contributed by atoms with Crippen molar-refractivity contribution >= 4 is 44.8 Å². The highest BCUT2D eigenvalue weighted by Crippen LogP contribution is 2.25. The minimum absolute atomic E-state index is 0.182. The molecule has 0 radical (unpaired) electrons. The standard InChI is InChI=1S/C21H24ClN3O4S/c1-15-7-3-4-8-19(15)25(30(2,28)29)14-20(26)23-18-13-16(22)9-10-17(18)21(27)24-11-5-6-12-24/h3-4,7-10,13H,5-6,11-12,14H2,1-2H3,(H,23,26). The second-order valence-electron chi connectivity index (χ2n) is 7.29. The molecule has 0 bridgehead atoms. The molecule has 2 aromatic rings. The van der Waals surface area contributed by atoms with Crippen molar-refractivity contribution in [2.45, 2.75) is 19.8 Å². The topological polar surface area (TPSA) is 86.8 Å². The van der Waals surface area contributed by atoms with Crippen LogP contribution in [-0.4, -0.2) is 51.0 Å². The molecule has 160 valence electrons. The molecule has 7 nitrogen and oxygen atoms in total. The average molecular weight is 450 g/mol. The van der Waals surface area contributed by atoms with Gasteiger partial charge >= 0.3 is 0 Å². The molecule has 2 amide bonds. The minimum atomic E-state index is -3.70. The summed E-state index contributed by atoms with van der Waals surface area (Å²) in [6, 6.07) is 11.6. The van der Waals surface area contributed by atoms with Gasteiger partial charge in [0.25, 0.3) is 5.91 Å². The number of nitrogens with one attached hydrogen (secondary N) is 1. The molecule has 1 aliphatic rings. The number of hydrogen-bond acceptors (Lipinski definition) is 4. The smallest absolute Gasteiger partial charge is 0.255 e. The number of rotatable bonds is 6. The van der Waals surface area contributed by atoms with Crippen molar-refractivity contribution in [2.75, 3.05) is 35.5 Å². The number of aryl methyl sites for hydroxylation is 1. The van der Waals surface area contributed by atoms with Crippen LogP contribution in [0.4, 0.5) is 11.4 Å². The van der Waals surface area contributed by atoms with E-state index in [2.05, 4.69) is 5.32 Å². The summed E-state index contributed by atoms with van der Waals surface area (Å²) in [5, 5.41) is 3.03. The van der Waals surface area contributed by atoms with Crippen molar-refractivity contribution in [3.8, 4) is 0 Å². The lowest BCUT2D eigenvalue weighted by atomic mass is 10.1. The van der Waals surface area contributed by atoms with Crippen molar-refractivity contribution in [2.24, 2.45) is 0 Å².